The van der Waals surface area contributed by atoms with Crippen LogP contribution in [0.25, 0.3) is 0 Å². The predicted octanol–water partition coefficient (Wildman–Crippen LogP) is 5.21. The van der Waals surface area contributed by atoms with E-state index >= 15 is 0 Å². The summed E-state index contributed by atoms with van der Waals surface area (Å²) in [5, 5.41) is 1.99. The van der Waals surface area contributed by atoms with E-state index in [-0.39, 0.29) is 18.3 Å². The summed E-state index contributed by atoms with van der Waals surface area (Å²) in [6, 6.07) is 10.1. The fourth-order valence-electron chi connectivity index (χ4n) is 5.67. The molecule has 3 nitrogen and oxygen atoms in total. The molecule has 1 heterocycles. The number of nitrogens with one attached hydrogen (secondary N) is 1. The zero-order chi connectivity index (χ0) is 27.2. The molecule has 0 bridgehead atoms. The molecule has 2 aliphatic rings. The second kappa shape index (κ2) is 8.95. The van der Waals surface area contributed by atoms with Crippen molar-refractivity contribution in [2.75, 3.05) is 20.1 Å². The van der Waals surface area contributed by atoms with Gasteiger partial charge in [0.2, 0.25) is 11.6 Å². The molecule has 0 radical (unpaired) electrons. The number of rotatable bonds is 6. The number of hydrogen-bond acceptors (Lipinski definition) is 2. The zero-order valence-electron chi connectivity index (χ0n) is 21.8. The van der Waals surface area contributed by atoms with E-state index in [9.17, 15) is 26.7 Å². The molecule has 1 unspecified atom stereocenters. The summed E-state index contributed by atoms with van der Waals surface area (Å²) in [6.45, 7) is -1.13. The van der Waals surface area contributed by atoms with Crippen LogP contribution >= 0.6 is 0 Å². The molecular weight excluding hydrogens is 451 g/mol. The molecule has 1 aliphatic carbocycles. The lowest BCUT2D eigenvalue weighted by atomic mass is 9.63. The Kier molecular flexibility index (Phi) is 5.49. The minimum atomic E-state index is -5.05. The third-order valence-electron chi connectivity index (χ3n) is 7.53. The lowest BCUT2D eigenvalue weighted by Crippen LogP contribution is -2.48. The molecule has 0 spiro atoms. The molecule has 3 atom stereocenters. The highest BCUT2D eigenvalue weighted by molar-refractivity contribution is 5.75. The van der Waals surface area contributed by atoms with Gasteiger partial charge in [0.25, 0.3) is 0 Å². The van der Waals surface area contributed by atoms with Crippen LogP contribution in [0.2, 0.25) is 0 Å². The minimum absolute atomic E-state index is 0.0148. The number of carbonyl (C=O) groups excluding carboxylic acids is 1. The SMILES string of the molecule is [2H]C([2H])([2H])NC(=O)CCN1CC[C@@]2(Cc3ccc(F)cc3)c3ccc(C(C)(F)C(F)(F)F)cc3CC[C@@H]12. The van der Waals surface area contributed by atoms with Gasteiger partial charge in [0.15, 0.2) is 0 Å². The number of benzene rings is 2. The van der Waals surface area contributed by atoms with Gasteiger partial charge in [-0.25, -0.2) is 8.78 Å². The number of aryl methyl sites for hydroxylation is 1. The second-order valence-corrected chi connectivity index (χ2v) is 9.47. The molecule has 0 aromatic heterocycles. The summed E-state index contributed by atoms with van der Waals surface area (Å²) in [5.74, 6) is -0.972. The van der Waals surface area contributed by atoms with Crippen LogP contribution in [0.3, 0.4) is 0 Å². The Morgan fingerprint density at radius 1 is 1.21 bits per heavy atom. The van der Waals surface area contributed by atoms with Crippen LogP contribution in [0.15, 0.2) is 42.5 Å². The van der Waals surface area contributed by atoms with Crippen molar-refractivity contribution in [2.24, 2.45) is 0 Å². The van der Waals surface area contributed by atoms with Crippen molar-refractivity contribution in [2.45, 2.75) is 62.3 Å². The van der Waals surface area contributed by atoms with Gasteiger partial charge in [0.1, 0.15) is 5.82 Å². The molecule has 184 valence electrons. The molecule has 1 aliphatic heterocycles. The minimum Gasteiger partial charge on any atom is -0.359 e. The van der Waals surface area contributed by atoms with Gasteiger partial charge in [-0.2, -0.15) is 13.2 Å². The number of likely N-dealkylation sites (tertiary alicyclic amines) is 1. The molecule has 1 N–H and O–H groups in total. The zero-order valence-corrected chi connectivity index (χ0v) is 18.8. The first-order chi connectivity index (χ1) is 17.1. The largest absolute Gasteiger partial charge is 0.426 e. The van der Waals surface area contributed by atoms with Crippen LogP contribution in [0.1, 0.15) is 52.6 Å². The highest BCUT2D eigenvalue weighted by Gasteiger charge is 2.55. The van der Waals surface area contributed by atoms with E-state index in [1.807, 2.05) is 5.32 Å². The Morgan fingerprint density at radius 3 is 2.62 bits per heavy atom. The van der Waals surface area contributed by atoms with Crippen molar-refractivity contribution in [3.8, 4) is 0 Å². The highest BCUT2D eigenvalue weighted by Crippen LogP contribution is 2.51. The maximum absolute atomic E-state index is 14.8. The molecular formula is C26H29F5N2O. The summed E-state index contributed by atoms with van der Waals surface area (Å²) in [5.41, 5.74) is -2.10. The molecule has 2 aromatic rings. The normalized spacial score (nSPS) is 25.9. The maximum atomic E-state index is 14.8. The highest BCUT2D eigenvalue weighted by atomic mass is 19.4. The third kappa shape index (κ3) is 4.32. The summed E-state index contributed by atoms with van der Waals surface area (Å²) in [4.78, 5) is 14.2. The molecule has 8 heteroatoms. The van der Waals surface area contributed by atoms with E-state index in [4.69, 9.17) is 4.11 Å². The van der Waals surface area contributed by atoms with E-state index < -0.39 is 35.7 Å². The van der Waals surface area contributed by atoms with Gasteiger partial charge in [0, 0.05) is 35.5 Å². The van der Waals surface area contributed by atoms with Crippen LogP contribution in [-0.2, 0) is 28.7 Å². The fourth-order valence-corrected chi connectivity index (χ4v) is 5.67. The second-order valence-electron chi connectivity index (χ2n) is 9.47. The topological polar surface area (TPSA) is 32.3 Å². The summed E-state index contributed by atoms with van der Waals surface area (Å²) >= 11 is 0. The molecule has 0 saturated carbocycles. The Labute approximate surface area is 200 Å². The number of halogens is 5. The molecule has 2 aromatic carbocycles. The molecule has 1 amide bonds. The van der Waals surface area contributed by atoms with Crippen LogP contribution in [0.4, 0.5) is 22.0 Å². The number of fused-ring (bicyclic) bond motifs is 3. The van der Waals surface area contributed by atoms with E-state index in [0.717, 1.165) is 11.1 Å². The van der Waals surface area contributed by atoms with Gasteiger partial charge in [-0.05, 0) is 73.5 Å². The van der Waals surface area contributed by atoms with Crippen molar-refractivity contribution in [1.29, 1.82) is 0 Å². The average molecular weight is 484 g/mol. The van der Waals surface area contributed by atoms with Crippen molar-refractivity contribution in [1.82, 2.24) is 10.2 Å². The number of carbonyl (C=O) groups is 1. The van der Waals surface area contributed by atoms with Crippen molar-refractivity contribution >= 4 is 5.91 Å². The maximum Gasteiger partial charge on any atom is 0.426 e. The number of nitrogens with zero attached hydrogens (tertiary/aromatic N) is 1. The van der Waals surface area contributed by atoms with Gasteiger partial charge >= 0.3 is 6.18 Å². The van der Waals surface area contributed by atoms with Crippen molar-refractivity contribution < 1.29 is 30.9 Å². The van der Waals surface area contributed by atoms with Crippen LogP contribution in [0.5, 0.6) is 0 Å². The number of alkyl halides is 4. The Morgan fingerprint density at radius 2 is 1.94 bits per heavy atom. The van der Waals surface area contributed by atoms with Crippen LogP contribution in [0, 0.1) is 5.82 Å². The van der Waals surface area contributed by atoms with Crippen LogP contribution in [-0.4, -0.2) is 43.1 Å². The predicted molar refractivity (Wildman–Crippen MR) is 120 cm³/mol. The lowest BCUT2D eigenvalue weighted by molar-refractivity contribution is -0.228. The Balaban J connectivity index is 1.67. The van der Waals surface area contributed by atoms with Gasteiger partial charge in [-0.3, -0.25) is 9.69 Å². The number of amides is 1. The van der Waals surface area contributed by atoms with Crippen molar-refractivity contribution in [3.05, 3.63) is 70.5 Å². The quantitative estimate of drug-likeness (QED) is 0.573. The van der Waals surface area contributed by atoms with Gasteiger partial charge in [-0.15, -0.1) is 0 Å². The Hall–Kier alpha value is -2.48. The van der Waals surface area contributed by atoms with Gasteiger partial charge in [0.05, 0.1) is 0 Å². The summed E-state index contributed by atoms with van der Waals surface area (Å²) < 4.78 is 90.1. The first kappa shape index (κ1) is 20.9. The fraction of sp³-hybridized carbons (Fsp3) is 0.500. The van der Waals surface area contributed by atoms with E-state index in [2.05, 4.69) is 4.90 Å². The first-order valence-corrected chi connectivity index (χ1v) is 11.3. The monoisotopic (exact) mass is 483 g/mol. The standard InChI is InChI=1S/C26H29F5N2O/c1-24(28,26(29,30)31)19-6-9-21-18(15-19)5-10-22-25(21,16-17-3-7-20(27)8-4-17)12-14-33(22)13-11-23(34)32-2/h3-4,6-9,15,22H,5,10-14,16H2,1-2H3,(H,32,34)/t22-,24?,25-/m1/s1/i2D3. The molecule has 1 fully saturated rings. The molecule has 1 saturated heterocycles. The van der Waals surface area contributed by atoms with Crippen molar-refractivity contribution in [3.63, 3.8) is 0 Å². The average Bonchev–Trinajstić information content (AvgIpc) is 3.15. The molecule has 34 heavy (non-hydrogen) atoms. The smallest absolute Gasteiger partial charge is 0.359 e. The van der Waals surface area contributed by atoms with Gasteiger partial charge < -0.3 is 5.32 Å². The van der Waals surface area contributed by atoms with Crippen LogP contribution < -0.4 is 5.32 Å². The lowest BCUT2D eigenvalue weighted by Gasteiger charge is -2.44. The molecule has 4 rings (SSSR count). The Bertz CT molecular complexity index is 1150. The summed E-state index contributed by atoms with van der Waals surface area (Å²) in [7, 11) is 0. The van der Waals surface area contributed by atoms with E-state index in [0.29, 0.717) is 51.3 Å². The number of hydrogen-bond donors (Lipinski definition) is 1. The van der Waals surface area contributed by atoms with E-state index in [1.54, 1.807) is 18.2 Å². The van der Waals surface area contributed by atoms with Gasteiger partial charge in [-0.1, -0.05) is 30.3 Å². The van der Waals surface area contributed by atoms with E-state index in [1.165, 1.54) is 24.3 Å². The summed E-state index contributed by atoms with van der Waals surface area (Å²) in [6.07, 6.45) is -2.93. The third-order valence-corrected chi connectivity index (χ3v) is 7.53. The first-order valence-electron chi connectivity index (χ1n) is 12.8.